The molecule has 2 fully saturated rings. The van der Waals surface area contributed by atoms with E-state index in [2.05, 4.69) is 20.3 Å². The average Bonchev–Trinajstić information content (AvgIpc) is 3.22. The third-order valence-corrected chi connectivity index (χ3v) is 6.18. The number of guanidine groups is 1. The molecule has 0 bridgehead atoms. The van der Waals surface area contributed by atoms with Crippen LogP contribution in [0, 0.1) is 5.92 Å². The summed E-state index contributed by atoms with van der Waals surface area (Å²) in [6.45, 7) is 5.16. The molecular formula is C18H36N4O5S. The van der Waals surface area contributed by atoms with E-state index in [0.29, 0.717) is 38.1 Å². The maximum Gasteiger partial charge on any atom is 0.213 e. The highest BCUT2D eigenvalue weighted by Crippen LogP contribution is 2.12. The normalized spacial score (nSPS) is 23.7. The smallest absolute Gasteiger partial charge is 0.213 e. The molecule has 2 heterocycles. The number of rotatable bonds is 12. The van der Waals surface area contributed by atoms with Crippen molar-refractivity contribution in [1.29, 1.82) is 0 Å². The monoisotopic (exact) mass is 420 g/mol. The van der Waals surface area contributed by atoms with E-state index >= 15 is 0 Å². The van der Waals surface area contributed by atoms with E-state index in [1.54, 1.807) is 7.05 Å². The molecule has 9 nitrogen and oxygen atoms in total. The van der Waals surface area contributed by atoms with Crippen molar-refractivity contribution >= 4 is 16.0 Å². The lowest BCUT2D eigenvalue weighted by Crippen LogP contribution is -2.42. The van der Waals surface area contributed by atoms with Crippen LogP contribution < -0.4 is 15.4 Å². The number of aliphatic imine (C=N–C) groups is 1. The Kier molecular flexibility index (Phi) is 11.1. The summed E-state index contributed by atoms with van der Waals surface area (Å²) in [5.74, 6) is 1.12. The molecule has 0 saturated carbocycles. The van der Waals surface area contributed by atoms with Gasteiger partial charge in [0, 0.05) is 52.4 Å². The quantitative estimate of drug-likeness (QED) is 0.233. The predicted molar refractivity (Wildman–Crippen MR) is 109 cm³/mol. The third kappa shape index (κ3) is 10.0. The van der Waals surface area contributed by atoms with Crippen molar-refractivity contribution in [3.05, 3.63) is 0 Å². The predicted octanol–water partition coefficient (Wildman–Crippen LogP) is 0.0831. The van der Waals surface area contributed by atoms with Gasteiger partial charge in [-0.3, -0.25) is 4.99 Å². The number of nitrogens with zero attached hydrogens (tertiary/aromatic N) is 1. The molecule has 3 N–H and O–H groups in total. The van der Waals surface area contributed by atoms with Gasteiger partial charge in [0.1, 0.15) is 0 Å². The van der Waals surface area contributed by atoms with Crippen molar-refractivity contribution in [1.82, 2.24) is 15.4 Å². The first kappa shape index (κ1) is 23.3. The summed E-state index contributed by atoms with van der Waals surface area (Å²) in [5.41, 5.74) is 0. The summed E-state index contributed by atoms with van der Waals surface area (Å²) in [7, 11) is -1.67. The van der Waals surface area contributed by atoms with E-state index < -0.39 is 10.0 Å². The third-order valence-electron chi connectivity index (χ3n) is 4.83. The highest BCUT2D eigenvalue weighted by atomic mass is 32.2. The van der Waals surface area contributed by atoms with Crippen molar-refractivity contribution in [2.24, 2.45) is 10.9 Å². The Morgan fingerprint density at radius 3 is 2.75 bits per heavy atom. The Hall–Kier alpha value is -0.940. The Labute approximate surface area is 169 Å². The van der Waals surface area contributed by atoms with Crippen molar-refractivity contribution < 1.29 is 22.6 Å². The Morgan fingerprint density at radius 2 is 2.04 bits per heavy atom. The van der Waals surface area contributed by atoms with E-state index in [1.807, 2.05) is 0 Å². The molecule has 2 atom stereocenters. The second-order valence-corrected chi connectivity index (χ2v) is 9.17. The summed E-state index contributed by atoms with van der Waals surface area (Å²) < 4.78 is 43.3. The fraction of sp³-hybridized carbons (Fsp3) is 0.944. The van der Waals surface area contributed by atoms with Crippen LogP contribution in [0.2, 0.25) is 0 Å². The van der Waals surface area contributed by atoms with Gasteiger partial charge in [-0.25, -0.2) is 13.1 Å². The molecule has 0 aromatic rings. The summed E-state index contributed by atoms with van der Waals surface area (Å²) in [5, 5.41) is 6.20. The number of hydrogen-bond donors (Lipinski definition) is 3. The molecule has 2 saturated heterocycles. The number of ether oxygens (including phenoxy) is 3. The molecular weight excluding hydrogens is 384 g/mol. The van der Waals surface area contributed by atoms with Crippen molar-refractivity contribution in [2.75, 3.05) is 65.5 Å². The molecule has 10 heteroatoms. The van der Waals surface area contributed by atoms with Gasteiger partial charge in [-0.15, -0.1) is 0 Å². The lowest BCUT2D eigenvalue weighted by Gasteiger charge is -2.22. The lowest BCUT2D eigenvalue weighted by molar-refractivity contribution is 0.0200. The lowest BCUT2D eigenvalue weighted by atomic mass is 10.1. The first-order valence-corrected chi connectivity index (χ1v) is 11.9. The summed E-state index contributed by atoms with van der Waals surface area (Å²) in [6.07, 6.45) is 5.00. The maximum absolute atomic E-state index is 12.1. The number of hydrogen-bond acceptors (Lipinski definition) is 6. The standard InChI is InChI=1S/C18H36N4O5S/c1-19-18(20-7-4-9-25-14-16-6-11-26-15-16)21-8-12-28(23,24)22-13-17-5-2-3-10-27-17/h16-17,22H,2-15H2,1H3,(H2,19,20,21). The fourth-order valence-electron chi connectivity index (χ4n) is 3.13. The zero-order valence-electron chi connectivity index (χ0n) is 17.0. The van der Waals surface area contributed by atoms with Gasteiger partial charge in [0.25, 0.3) is 0 Å². The summed E-state index contributed by atoms with van der Waals surface area (Å²) in [4.78, 5) is 4.11. The first-order valence-electron chi connectivity index (χ1n) is 10.3. The molecule has 0 aromatic heterocycles. The number of nitrogens with one attached hydrogen (secondary N) is 3. The van der Waals surface area contributed by atoms with Crippen molar-refractivity contribution in [3.8, 4) is 0 Å². The van der Waals surface area contributed by atoms with Gasteiger partial charge in [-0.2, -0.15) is 0 Å². The topological polar surface area (TPSA) is 110 Å². The van der Waals surface area contributed by atoms with E-state index in [4.69, 9.17) is 14.2 Å². The van der Waals surface area contributed by atoms with Gasteiger partial charge in [0.05, 0.1) is 25.1 Å². The molecule has 2 unspecified atom stereocenters. The second kappa shape index (κ2) is 13.3. The van der Waals surface area contributed by atoms with Crippen LogP contribution in [-0.2, 0) is 24.2 Å². The van der Waals surface area contributed by atoms with Crippen LogP contribution in [0.15, 0.2) is 4.99 Å². The minimum absolute atomic E-state index is 0.00525. The highest BCUT2D eigenvalue weighted by molar-refractivity contribution is 7.89. The average molecular weight is 421 g/mol. The number of sulfonamides is 1. The maximum atomic E-state index is 12.1. The molecule has 164 valence electrons. The van der Waals surface area contributed by atoms with Crippen LogP contribution in [0.25, 0.3) is 0 Å². The van der Waals surface area contributed by atoms with Crippen LogP contribution in [0.3, 0.4) is 0 Å². The van der Waals surface area contributed by atoms with Crippen molar-refractivity contribution in [3.63, 3.8) is 0 Å². The molecule has 0 spiro atoms. The van der Waals surface area contributed by atoms with E-state index in [1.165, 1.54) is 0 Å². The Bertz CT molecular complexity index is 546. The summed E-state index contributed by atoms with van der Waals surface area (Å²) >= 11 is 0. The van der Waals surface area contributed by atoms with E-state index in [-0.39, 0.29) is 11.9 Å². The molecule has 2 aliphatic rings. The Morgan fingerprint density at radius 1 is 1.18 bits per heavy atom. The van der Waals surface area contributed by atoms with Gasteiger partial charge >= 0.3 is 0 Å². The van der Waals surface area contributed by atoms with Crippen LogP contribution in [0.4, 0.5) is 0 Å². The van der Waals surface area contributed by atoms with E-state index in [0.717, 1.165) is 58.5 Å². The van der Waals surface area contributed by atoms with Crippen LogP contribution in [-0.4, -0.2) is 86.0 Å². The molecule has 0 aromatic carbocycles. The molecule has 0 aliphatic carbocycles. The van der Waals surface area contributed by atoms with Crippen molar-refractivity contribution in [2.45, 2.75) is 38.2 Å². The minimum atomic E-state index is -3.33. The van der Waals surface area contributed by atoms with Gasteiger partial charge in [0.2, 0.25) is 10.0 Å². The zero-order chi connectivity index (χ0) is 20.1. The van der Waals surface area contributed by atoms with Crippen LogP contribution >= 0.6 is 0 Å². The van der Waals surface area contributed by atoms with Gasteiger partial charge in [0.15, 0.2) is 5.96 Å². The van der Waals surface area contributed by atoms with Gasteiger partial charge in [-0.05, 0) is 32.1 Å². The second-order valence-electron chi connectivity index (χ2n) is 7.24. The first-order chi connectivity index (χ1) is 13.6. The Balaban J connectivity index is 1.49. The molecule has 2 rings (SSSR count). The summed E-state index contributed by atoms with van der Waals surface area (Å²) in [6, 6.07) is 0. The van der Waals surface area contributed by atoms with Gasteiger partial charge in [-0.1, -0.05) is 0 Å². The van der Waals surface area contributed by atoms with Crippen LogP contribution in [0.1, 0.15) is 32.1 Å². The molecule has 0 amide bonds. The van der Waals surface area contributed by atoms with Crippen LogP contribution in [0.5, 0.6) is 0 Å². The highest BCUT2D eigenvalue weighted by Gasteiger charge is 2.18. The molecule has 28 heavy (non-hydrogen) atoms. The molecule has 2 aliphatic heterocycles. The molecule has 0 radical (unpaired) electrons. The van der Waals surface area contributed by atoms with Gasteiger partial charge < -0.3 is 24.8 Å². The van der Waals surface area contributed by atoms with E-state index in [9.17, 15) is 8.42 Å². The fourth-order valence-corrected chi connectivity index (χ4v) is 4.09. The largest absolute Gasteiger partial charge is 0.381 e. The minimum Gasteiger partial charge on any atom is -0.381 e. The zero-order valence-corrected chi connectivity index (χ0v) is 17.8. The SMILES string of the molecule is CN=C(NCCCOCC1CCOC1)NCCS(=O)(=O)NCC1CCCCO1.